The second-order valence-corrected chi connectivity index (χ2v) is 9.96. The van der Waals surface area contributed by atoms with Crippen molar-refractivity contribution in [2.45, 2.75) is 39.2 Å². The Kier molecular flexibility index (Phi) is 8.28. The van der Waals surface area contributed by atoms with Gasteiger partial charge in [-0.1, -0.05) is 26.0 Å². The van der Waals surface area contributed by atoms with Crippen LogP contribution in [0.5, 0.6) is 5.88 Å². The summed E-state index contributed by atoms with van der Waals surface area (Å²) in [6.07, 6.45) is 2.36. The van der Waals surface area contributed by atoms with Crippen LogP contribution in [-0.4, -0.2) is 39.5 Å². The SMILES string of the molecule is CC(C)[C@@H](COc1ccc(-c2nc3ccccc3s2)cn1)Nc1ccc(C(=O)CCCC(=O)O)cc1. The maximum absolute atomic E-state index is 12.2. The lowest BCUT2D eigenvalue weighted by molar-refractivity contribution is -0.137. The number of carboxylic acids is 1. The van der Waals surface area contributed by atoms with Crippen LogP contribution in [0.25, 0.3) is 20.8 Å². The molecule has 2 aromatic heterocycles. The van der Waals surface area contributed by atoms with Crippen LogP contribution >= 0.6 is 11.3 Å². The number of ether oxygens (including phenoxy) is 1. The Morgan fingerprint density at radius 1 is 1.03 bits per heavy atom. The zero-order chi connectivity index (χ0) is 25.5. The fraction of sp³-hybridized carbons (Fsp3) is 0.286. The van der Waals surface area contributed by atoms with Gasteiger partial charge < -0.3 is 15.2 Å². The van der Waals surface area contributed by atoms with E-state index in [9.17, 15) is 9.59 Å². The smallest absolute Gasteiger partial charge is 0.303 e. The van der Waals surface area contributed by atoms with Crippen molar-refractivity contribution in [3.63, 3.8) is 0 Å². The first kappa shape index (κ1) is 25.3. The number of fused-ring (bicyclic) bond motifs is 1. The third kappa shape index (κ3) is 6.66. The van der Waals surface area contributed by atoms with Crippen LogP contribution in [-0.2, 0) is 4.79 Å². The first-order chi connectivity index (χ1) is 17.4. The predicted molar refractivity (Wildman–Crippen MR) is 143 cm³/mol. The summed E-state index contributed by atoms with van der Waals surface area (Å²) < 4.78 is 7.13. The molecule has 1 atom stereocenters. The maximum atomic E-state index is 12.2. The summed E-state index contributed by atoms with van der Waals surface area (Å²) in [4.78, 5) is 32.0. The highest BCUT2D eigenvalue weighted by Crippen LogP contribution is 2.30. The minimum atomic E-state index is -0.886. The van der Waals surface area contributed by atoms with Crippen molar-refractivity contribution in [3.8, 4) is 16.5 Å². The molecule has 2 N–H and O–H groups in total. The average Bonchev–Trinajstić information content (AvgIpc) is 3.31. The molecule has 2 aromatic carbocycles. The fourth-order valence-corrected chi connectivity index (χ4v) is 4.63. The topological polar surface area (TPSA) is 101 Å². The van der Waals surface area contributed by atoms with Gasteiger partial charge in [-0.2, -0.15) is 0 Å². The number of carbonyl (C=O) groups is 2. The van der Waals surface area contributed by atoms with Crippen molar-refractivity contribution in [1.82, 2.24) is 9.97 Å². The Morgan fingerprint density at radius 2 is 1.81 bits per heavy atom. The summed E-state index contributed by atoms with van der Waals surface area (Å²) >= 11 is 1.64. The van der Waals surface area contributed by atoms with Gasteiger partial charge in [0.25, 0.3) is 0 Å². The molecule has 0 aliphatic carbocycles. The molecule has 0 fully saturated rings. The molecule has 8 heteroatoms. The number of ketones is 1. The van der Waals surface area contributed by atoms with Crippen molar-refractivity contribution in [2.24, 2.45) is 5.92 Å². The molecule has 0 saturated carbocycles. The maximum Gasteiger partial charge on any atom is 0.303 e. The first-order valence-electron chi connectivity index (χ1n) is 12.0. The number of pyridine rings is 1. The highest BCUT2D eigenvalue weighted by Gasteiger charge is 2.16. The van der Waals surface area contributed by atoms with Crippen LogP contribution in [0.3, 0.4) is 0 Å². The molecule has 7 nitrogen and oxygen atoms in total. The number of aliphatic carboxylic acids is 1. The normalized spacial score (nSPS) is 12.0. The number of rotatable bonds is 12. The van der Waals surface area contributed by atoms with E-state index in [1.807, 2.05) is 42.5 Å². The quantitative estimate of drug-likeness (QED) is 0.218. The Balaban J connectivity index is 1.32. The molecule has 0 radical (unpaired) electrons. The number of benzene rings is 2. The van der Waals surface area contributed by atoms with Gasteiger partial charge in [0, 0.05) is 41.9 Å². The number of aromatic nitrogens is 2. The van der Waals surface area contributed by atoms with Crippen LogP contribution in [0.15, 0.2) is 66.9 Å². The number of nitrogens with one attached hydrogen (secondary N) is 1. The molecular formula is C28H29N3O4S. The summed E-state index contributed by atoms with van der Waals surface area (Å²) in [5, 5.41) is 13.1. The average molecular weight is 504 g/mol. The number of thiazole rings is 1. The lowest BCUT2D eigenvalue weighted by Crippen LogP contribution is -2.32. The van der Waals surface area contributed by atoms with Gasteiger partial charge in [0.1, 0.15) is 11.6 Å². The molecule has 0 aliphatic rings. The highest BCUT2D eigenvalue weighted by atomic mass is 32.1. The standard InChI is InChI=1S/C28H29N3O4S/c1-18(2)23(30-21-13-10-19(11-14-21)24(32)7-5-9-27(33)34)17-35-26-15-12-20(16-29-26)28-31-22-6-3-4-8-25(22)36-28/h3-4,6,8,10-16,18,23,30H,5,7,9,17H2,1-2H3,(H,33,34)/t23-/m1/s1. The lowest BCUT2D eigenvalue weighted by atomic mass is 10.0. The molecule has 0 unspecified atom stereocenters. The van der Waals surface area contributed by atoms with E-state index in [0.29, 0.717) is 30.4 Å². The number of nitrogens with zero attached hydrogens (tertiary/aromatic N) is 2. The molecule has 0 spiro atoms. The molecule has 36 heavy (non-hydrogen) atoms. The summed E-state index contributed by atoms with van der Waals surface area (Å²) in [7, 11) is 0. The van der Waals surface area contributed by atoms with E-state index in [2.05, 4.69) is 35.2 Å². The number of hydrogen-bond donors (Lipinski definition) is 2. The van der Waals surface area contributed by atoms with E-state index < -0.39 is 5.97 Å². The van der Waals surface area contributed by atoms with Gasteiger partial charge in [0.2, 0.25) is 5.88 Å². The zero-order valence-corrected chi connectivity index (χ0v) is 21.1. The zero-order valence-electron chi connectivity index (χ0n) is 20.3. The molecule has 4 rings (SSSR count). The van der Waals surface area contributed by atoms with Crippen LogP contribution in [0.4, 0.5) is 5.69 Å². The number of carbonyl (C=O) groups excluding carboxylic acids is 1. The van der Waals surface area contributed by atoms with Crippen molar-refractivity contribution in [1.29, 1.82) is 0 Å². The molecule has 0 aliphatic heterocycles. The van der Waals surface area contributed by atoms with E-state index in [-0.39, 0.29) is 24.7 Å². The van der Waals surface area contributed by atoms with Crippen LogP contribution in [0, 0.1) is 5.92 Å². The molecule has 2 heterocycles. The second kappa shape index (κ2) is 11.8. The van der Waals surface area contributed by atoms with Gasteiger partial charge in [-0.25, -0.2) is 9.97 Å². The van der Waals surface area contributed by atoms with Gasteiger partial charge in [0.15, 0.2) is 5.78 Å². The van der Waals surface area contributed by atoms with E-state index in [4.69, 9.17) is 9.84 Å². The monoisotopic (exact) mass is 503 g/mol. The van der Waals surface area contributed by atoms with E-state index in [0.717, 1.165) is 26.5 Å². The van der Waals surface area contributed by atoms with Crippen molar-refractivity contribution in [2.75, 3.05) is 11.9 Å². The third-order valence-corrected chi connectivity index (χ3v) is 6.93. The molecule has 4 aromatic rings. The number of hydrogen-bond acceptors (Lipinski definition) is 7. The van der Waals surface area contributed by atoms with Gasteiger partial charge in [0.05, 0.1) is 16.3 Å². The van der Waals surface area contributed by atoms with Gasteiger partial charge in [-0.15, -0.1) is 11.3 Å². The van der Waals surface area contributed by atoms with E-state index in [1.165, 1.54) is 0 Å². The Hall–Kier alpha value is -3.78. The molecule has 186 valence electrons. The first-order valence-corrected chi connectivity index (χ1v) is 12.8. The Bertz CT molecular complexity index is 1280. The van der Waals surface area contributed by atoms with Crippen molar-refractivity contribution >= 4 is 39.0 Å². The molecule has 0 bridgehead atoms. The van der Waals surface area contributed by atoms with Gasteiger partial charge in [-0.05, 0) is 54.8 Å². The fourth-order valence-electron chi connectivity index (χ4n) is 3.67. The lowest BCUT2D eigenvalue weighted by Gasteiger charge is -2.23. The van der Waals surface area contributed by atoms with Crippen LogP contribution in [0.1, 0.15) is 43.5 Å². The number of carboxylic acid groups (broad SMARTS) is 1. The Labute approximate surface area is 214 Å². The molecule has 0 saturated heterocycles. The summed E-state index contributed by atoms with van der Waals surface area (Å²) in [5.74, 6) is -0.0884. The van der Waals surface area contributed by atoms with E-state index in [1.54, 1.807) is 29.7 Å². The minimum Gasteiger partial charge on any atom is -0.481 e. The van der Waals surface area contributed by atoms with E-state index >= 15 is 0 Å². The van der Waals surface area contributed by atoms with Crippen LogP contribution in [0.2, 0.25) is 0 Å². The van der Waals surface area contributed by atoms with Crippen molar-refractivity contribution in [3.05, 3.63) is 72.4 Å². The minimum absolute atomic E-state index is 0.00100. The van der Waals surface area contributed by atoms with Crippen molar-refractivity contribution < 1.29 is 19.4 Å². The predicted octanol–water partition coefficient (Wildman–Crippen LogP) is 6.31. The molecule has 0 amide bonds. The third-order valence-electron chi connectivity index (χ3n) is 5.85. The molecular weight excluding hydrogens is 474 g/mol. The number of para-hydroxylation sites is 1. The van der Waals surface area contributed by atoms with Crippen LogP contribution < -0.4 is 10.1 Å². The number of Topliss-reactive ketones (excluding diaryl/α,β-unsaturated/α-hetero) is 1. The summed E-state index contributed by atoms with van der Waals surface area (Å²) in [6.45, 7) is 4.66. The summed E-state index contributed by atoms with van der Waals surface area (Å²) in [5.41, 5.74) is 3.41. The highest BCUT2D eigenvalue weighted by molar-refractivity contribution is 7.21. The second-order valence-electron chi connectivity index (χ2n) is 8.93. The van der Waals surface area contributed by atoms with Gasteiger partial charge in [-0.3, -0.25) is 9.59 Å². The summed E-state index contributed by atoms with van der Waals surface area (Å²) in [6, 6.07) is 19.2. The van der Waals surface area contributed by atoms with Gasteiger partial charge >= 0.3 is 5.97 Å². The number of anilines is 1. The Morgan fingerprint density at radius 3 is 2.47 bits per heavy atom. The largest absolute Gasteiger partial charge is 0.481 e.